The van der Waals surface area contributed by atoms with Gasteiger partial charge in [0.15, 0.2) is 0 Å². The molecule has 0 aliphatic heterocycles. The monoisotopic (exact) mass is 258 g/mol. The van der Waals surface area contributed by atoms with Gasteiger partial charge in [0.1, 0.15) is 6.04 Å². The molecule has 0 heterocycles. The molecule has 1 rings (SSSR count). The van der Waals surface area contributed by atoms with Gasteiger partial charge in [-0.2, -0.15) is 0 Å². The Morgan fingerprint density at radius 1 is 1.44 bits per heavy atom. The van der Waals surface area contributed by atoms with E-state index in [2.05, 4.69) is 5.32 Å². The van der Waals surface area contributed by atoms with Crippen LogP contribution >= 0.6 is 0 Å². The molecule has 6 nitrogen and oxygen atoms in total. The molecule has 0 aromatic rings. The number of carboxylic acid groups (broad SMARTS) is 1. The number of hydrogen-bond acceptors (Lipinski definition) is 3. The number of aliphatic hydroxyl groups is 1. The molecule has 0 aromatic heterocycles. The second-order valence-electron chi connectivity index (χ2n) is 4.60. The molecule has 1 saturated carbocycles. The van der Waals surface area contributed by atoms with Gasteiger partial charge in [0.2, 0.25) is 0 Å². The minimum absolute atomic E-state index is 0.0344. The molecule has 6 heteroatoms. The van der Waals surface area contributed by atoms with Crippen molar-refractivity contribution in [2.24, 2.45) is 0 Å². The third kappa shape index (κ3) is 3.87. The summed E-state index contributed by atoms with van der Waals surface area (Å²) in [5, 5.41) is 20.3. The molecule has 1 unspecified atom stereocenters. The molecule has 1 aliphatic carbocycles. The van der Waals surface area contributed by atoms with Crippen molar-refractivity contribution in [1.29, 1.82) is 0 Å². The Morgan fingerprint density at radius 2 is 2.11 bits per heavy atom. The number of carboxylic acids is 1. The van der Waals surface area contributed by atoms with Gasteiger partial charge in [-0.15, -0.1) is 0 Å². The Hall–Kier alpha value is -1.30. The van der Waals surface area contributed by atoms with Crippen LogP contribution in [-0.4, -0.2) is 52.3 Å². The molecule has 1 aliphatic rings. The first kappa shape index (κ1) is 14.8. The molecule has 1 atom stereocenters. The highest BCUT2D eigenvalue weighted by Gasteiger charge is 2.30. The Morgan fingerprint density at radius 3 is 2.50 bits per heavy atom. The zero-order chi connectivity index (χ0) is 13.5. The molecule has 0 spiro atoms. The van der Waals surface area contributed by atoms with E-state index >= 15 is 0 Å². The van der Waals surface area contributed by atoms with Crippen LogP contribution in [0, 0.1) is 0 Å². The van der Waals surface area contributed by atoms with Gasteiger partial charge in [-0.25, -0.2) is 9.59 Å². The van der Waals surface area contributed by atoms with Crippen molar-refractivity contribution < 1.29 is 19.8 Å². The fourth-order valence-electron chi connectivity index (χ4n) is 1.96. The summed E-state index contributed by atoms with van der Waals surface area (Å²) in [5.41, 5.74) is 0. The lowest BCUT2D eigenvalue weighted by molar-refractivity contribution is -0.139. The Balaban J connectivity index is 2.54. The lowest BCUT2D eigenvalue weighted by Gasteiger charge is -2.38. The Labute approximate surface area is 107 Å². The summed E-state index contributed by atoms with van der Waals surface area (Å²) >= 11 is 0. The van der Waals surface area contributed by atoms with Gasteiger partial charge in [0.25, 0.3) is 0 Å². The molecule has 0 bridgehead atoms. The van der Waals surface area contributed by atoms with Crippen LogP contribution in [0.15, 0.2) is 0 Å². The third-order valence-corrected chi connectivity index (χ3v) is 3.34. The quantitative estimate of drug-likeness (QED) is 0.630. The van der Waals surface area contributed by atoms with Crippen molar-refractivity contribution in [3.63, 3.8) is 0 Å². The summed E-state index contributed by atoms with van der Waals surface area (Å²) in [7, 11) is 0. The fourth-order valence-corrected chi connectivity index (χ4v) is 1.96. The van der Waals surface area contributed by atoms with E-state index in [0.29, 0.717) is 19.4 Å². The summed E-state index contributed by atoms with van der Waals surface area (Å²) in [5.74, 6) is -1.01. The molecule has 104 valence electrons. The van der Waals surface area contributed by atoms with E-state index in [1.807, 2.05) is 0 Å². The van der Waals surface area contributed by atoms with Crippen LogP contribution in [0.25, 0.3) is 0 Å². The van der Waals surface area contributed by atoms with Gasteiger partial charge in [-0.3, -0.25) is 0 Å². The van der Waals surface area contributed by atoms with Gasteiger partial charge in [0, 0.05) is 19.2 Å². The standard InChI is InChI=1S/C12H22N2O4/c1-2-10(11(16)17)13-12(18)14(7-4-8-15)9-5-3-6-9/h9-10,15H,2-8H2,1H3,(H,13,18)(H,16,17). The first-order valence-electron chi connectivity index (χ1n) is 6.51. The molecule has 0 radical (unpaired) electrons. The highest BCUT2D eigenvalue weighted by Crippen LogP contribution is 2.25. The minimum atomic E-state index is -1.01. The lowest BCUT2D eigenvalue weighted by Crippen LogP contribution is -2.53. The third-order valence-electron chi connectivity index (χ3n) is 3.34. The fraction of sp³-hybridized carbons (Fsp3) is 0.833. The average Bonchev–Trinajstić information content (AvgIpc) is 2.27. The molecule has 3 N–H and O–H groups in total. The Bertz CT molecular complexity index is 292. The van der Waals surface area contributed by atoms with E-state index in [1.54, 1.807) is 11.8 Å². The number of nitrogens with one attached hydrogen (secondary N) is 1. The maximum absolute atomic E-state index is 12.0. The number of carbonyl (C=O) groups excluding carboxylic acids is 1. The molecule has 1 fully saturated rings. The number of aliphatic hydroxyl groups excluding tert-OH is 1. The molecule has 2 amide bonds. The van der Waals surface area contributed by atoms with E-state index in [4.69, 9.17) is 10.2 Å². The van der Waals surface area contributed by atoms with E-state index < -0.39 is 12.0 Å². The zero-order valence-corrected chi connectivity index (χ0v) is 10.8. The number of urea groups is 1. The SMILES string of the molecule is CCC(NC(=O)N(CCCO)C1CCC1)C(=O)O. The van der Waals surface area contributed by atoms with Crippen molar-refractivity contribution in [3.8, 4) is 0 Å². The second kappa shape index (κ2) is 7.20. The topological polar surface area (TPSA) is 89.9 Å². The van der Waals surface area contributed by atoms with E-state index in [9.17, 15) is 9.59 Å². The van der Waals surface area contributed by atoms with Crippen molar-refractivity contribution >= 4 is 12.0 Å². The Kier molecular flexibility index (Phi) is 5.91. The number of nitrogens with zero attached hydrogens (tertiary/aromatic N) is 1. The van der Waals surface area contributed by atoms with Crippen LogP contribution in [0.1, 0.15) is 39.0 Å². The van der Waals surface area contributed by atoms with E-state index in [0.717, 1.165) is 19.3 Å². The van der Waals surface area contributed by atoms with Crippen molar-refractivity contribution in [2.45, 2.75) is 51.1 Å². The lowest BCUT2D eigenvalue weighted by atomic mass is 9.91. The van der Waals surface area contributed by atoms with Crippen LogP contribution in [0.3, 0.4) is 0 Å². The first-order chi connectivity index (χ1) is 8.60. The number of aliphatic carboxylic acids is 1. The second-order valence-corrected chi connectivity index (χ2v) is 4.60. The largest absolute Gasteiger partial charge is 0.480 e. The smallest absolute Gasteiger partial charge is 0.326 e. The number of amides is 2. The maximum atomic E-state index is 12.0. The number of rotatable bonds is 7. The molecular formula is C12H22N2O4. The predicted octanol–water partition coefficient (Wildman–Crippen LogP) is 0.796. The summed E-state index contributed by atoms with van der Waals surface area (Å²) in [6, 6.07) is -0.973. The number of carbonyl (C=O) groups is 2. The minimum Gasteiger partial charge on any atom is -0.480 e. The van der Waals surface area contributed by atoms with Gasteiger partial charge >= 0.3 is 12.0 Å². The van der Waals surface area contributed by atoms with Gasteiger partial charge < -0.3 is 20.4 Å². The van der Waals surface area contributed by atoms with Gasteiger partial charge in [-0.1, -0.05) is 6.92 Å². The van der Waals surface area contributed by atoms with Crippen molar-refractivity contribution in [3.05, 3.63) is 0 Å². The highest BCUT2D eigenvalue weighted by atomic mass is 16.4. The van der Waals surface area contributed by atoms with Crippen LogP contribution in [0.2, 0.25) is 0 Å². The van der Waals surface area contributed by atoms with Crippen LogP contribution in [0.4, 0.5) is 4.79 Å². The summed E-state index contributed by atoms with van der Waals surface area (Å²) in [6.07, 6.45) is 3.91. The van der Waals surface area contributed by atoms with Crippen LogP contribution in [0.5, 0.6) is 0 Å². The molecular weight excluding hydrogens is 236 g/mol. The molecule has 0 saturated heterocycles. The molecule has 18 heavy (non-hydrogen) atoms. The summed E-state index contributed by atoms with van der Waals surface area (Å²) in [4.78, 5) is 24.6. The maximum Gasteiger partial charge on any atom is 0.326 e. The predicted molar refractivity (Wildman–Crippen MR) is 66.3 cm³/mol. The van der Waals surface area contributed by atoms with Crippen LogP contribution < -0.4 is 5.32 Å². The summed E-state index contributed by atoms with van der Waals surface area (Å²) in [6.45, 7) is 2.23. The number of hydrogen-bond donors (Lipinski definition) is 3. The van der Waals surface area contributed by atoms with Gasteiger partial charge in [-0.05, 0) is 32.1 Å². The normalized spacial score (nSPS) is 16.8. The first-order valence-corrected chi connectivity index (χ1v) is 6.51. The molecule has 0 aromatic carbocycles. The average molecular weight is 258 g/mol. The summed E-state index contributed by atoms with van der Waals surface area (Å²) < 4.78 is 0. The van der Waals surface area contributed by atoms with Crippen molar-refractivity contribution in [1.82, 2.24) is 10.2 Å². The van der Waals surface area contributed by atoms with Gasteiger partial charge in [0.05, 0.1) is 0 Å². The van der Waals surface area contributed by atoms with Crippen LogP contribution in [-0.2, 0) is 4.79 Å². The van der Waals surface area contributed by atoms with E-state index in [1.165, 1.54) is 0 Å². The highest BCUT2D eigenvalue weighted by molar-refractivity contribution is 5.82. The zero-order valence-electron chi connectivity index (χ0n) is 10.8. The van der Waals surface area contributed by atoms with Crippen molar-refractivity contribution in [2.75, 3.05) is 13.2 Å². The van der Waals surface area contributed by atoms with E-state index in [-0.39, 0.29) is 18.7 Å².